The van der Waals surface area contributed by atoms with Crippen molar-refractivity contribution in [3.05, 3.63) is 41.7 Å². The van der Waals surface area contributed by atoms with Gasteiger partial charge >= 0.3 is 6.03 Å². The molecule has 1 aromatic heterocycles. The number of rotatable bonds is 3. The second kappa shape index (κ2) is 6.09. The smallest absolute Gasteiger partial charge is 0.319 e. The number of hydrogen-bond donors (Lipinski definition) is 2. The van der Waals surface area contributed by atoms with E-state index >= 15 is 0 Å². The molecule has 116 valence electrons. The molecule has 0 spiro atoms. The monoisotopic (exact) mass is 300 g/mol. The van der Waals surface area contributed by atoms with Gasteiger partial charge in [-0.05, 0) is 43.5 Å². The van der Waals surface area contributed by atoms with Crippen molar-refractivity contribution in [2.75, 3.05) is 12.4 Å². The second-order valence-corrected chi connectivity index (χ2v) is 5.44. The largest absolute Gasteiger partial charge is 0.497 e. The quantitative estimate of drug-likeness (QED) is 0.915. The number of urea groups is 1. The summed E-state index contributed by atoms with van der Waals surface area (Å²) in [5.74, 6) is 0.762. The highest BCUT2D eigenvalue weighted by molar-refractivity contribution is 5.89. The Morgan fingerprint density at radius 1 is 1.36 bits per heavy atom. The molecule has 0 saturated carbocycles. The number of aromatic nitrogens is 2. The molecule has 0 radical (unpaired) electrons. The average Bonchev–Trinajstić information content (AvgIpc) is 2.91. The van der Waals surface area contributed by atoms with E-state index in [4.69, 9.17) is 4.74 Å². The van der Waals surface area contributed by atoms with E-state index < -0.39 is 0 Å². The third-order valence-electron chi connectivity index (χ3n) is 4.03. The van der Waals surface area contributed by atoms with Crippen molar-refractivity contribution in [3.63, 3.8) is 0 Å². The zero-order valence-corrected chi connectivity index (χ0v) is 12.8. The van der Waals surface area contributed by atoms with E-state index in [9.17, 15) is 4.79 Å². The van der Waals surface area contributed by atoms with Crippen molar-refractivity contribution in [1.82, 2.24) is 15.1 Å². The van der Waals surface area contributed by atoms with Crippen LogP contribution in [0, 0.1) is 0 Å². The number of benzene rings is 1. The third-order valence-corrected chi connectivity index (χ3v) is 4.03. The number of nitrogens with zero attached hydrogens (tertiary/aromatic N) is 2. The molecule has 6 heteroatoms. The first-order valence-electron chi connectivity index (χ1n) is 7.39. The molecule has 0 fully saturated rings. The number of methoxy groups -OCH3 is 1. The predicted molar refractivity (Wildman–Crippen MR) is 84.0 cm³/mol. The van der Waals surface area contributed by atoms with Crippen LogP contribution in [0.4, 0.5) is 10.5 Å². The lowest BCUT2D eigenvalue weighted by Gasteiger charge is -2.24. The van der Waals surface area contributed by atoms with Gasteiger partial charge in [0.25, 0.3) is 0 Å². The Morgan fingerprint density at radius 2 is 2.14 bits per heavy atom. The molecule has 1 atom stereocenters. The Bertz CT molecular complexity index is 663. The molecule has 1 heterocycles. The fourth-order valence-electron chi connectivity index (χ4n) is 2.86. The summed E-state index contributed by atoms with van der Waals surface area (Å²) in [5, 5.41) is 10.2. The summed E-state index contributed by atoms with van der Waals surface area (Å²) >= 11 is 0. The van der Waals surface area contributed by atoms with Crippen molar-refractivity contribution in [2.24, 2.45) is 7.05 Å². The lowest BCUT2D eigenvalue weighted by atomic mass is 9.93. The highest BCUT2D eigenvalue weighted by Gasteiger charge is 2.24. The van der Waals surface area contributed by atoms with E-state index in [1.54, 1.807) is 7.11 Å². The van der Waals surface area contributed by atoms with E-state index in [1.165, 1.54) is 5.69 Å². The minimum absolute atomic E-state index is 0.0238. The molecule has 22 heavy (non-hydrogen) atoms. The minimum Gasteiger partial charge on any atom is -0.497 e. The number of nitrogens with one attached hydrogen (secondary N) is 2. The van der Waals surface area contributed by atoms with E-state index in [1.807, 2.05) is 42.2 Å². The summed E-state index contributed by atoms with van der Waals surface area (Å²) in [4.78, 5) is 12.2. The van der Waals surface area contributed by atoms with Crippen LogP contribution >= 0.6 is 0 Å². The summed E-state index contributed by atoms with van der Waals surface area (Å²) in [6, 6.07) is 7.08. The van der Waals surface area contributed by atoms with Gasteiger partial charge in [0.2, 0.25) is 0 Å². The maximum Gasteiger partial charge on any atom is 0.319 e. The summed E-state index contributed by atoms with van der Waals surface area (Å²) < 4.78 is 6.99. The number of carbonyl (C=O) groups excluding carboxylic acids is 1. The van der Waals surface area contributed by atoms with Crippen molar-refractivity contribution >= 4 is 11.7 Å². The van der Waals surface area contributed by atoms with Gasteiger partial charge in [-0.2, -0.15) is 5.10 Å². The topological polar surface area (TPSA) is 68.2 Å². The lowest BCUT2D eigenvalue weighted by molar-refractivity contribution is 0.247. The Balaban J connectivity index is 1.64. The Kier molecular flexibility index (Phi) is 4.00. The molecule has 2 amide bonds. The van der Waals surface area contributed by atoms with Crippen LogP contribution in [0.2, 0.25) is 0 Å². The molecular weight excluding hydrogens is 280 g/mol. The molecule has 1 aliphatic carbocycles. The normalized spacial score (nSPS) is 16.7. The van der Waals surface area contributed by atoms with Crippen LogP contribution < -0.4 is 15.4 Å². The van der Waals surface area contributed by atoms with E-state index in [0.717, 1.165) is 36.3 Å². The minimum atomic E-state index is -0.202. The van der Waals surface area contributed by atoms with Gasteiger partial charge in [-0.1, -0.05) is 0 Å². The van der Waals surface area contributed by atoms with Gasteiger partial charge in [0.05, 0.1) is 19.3 Å². The van der Waals surface area contributed by atoms with E-state index in [0.29, 0.717) is 0 Å². The van der Waals surface area contributed by atoms with Gasteiger partial charge in [-0.3, -0.25) is 4.68 Å². The first-order chi connectivity index (χ1) is 10.7. The number of ether oxygens (including phenoxy) is 1. The maximum absolute atomic E-state index is 12.2. The fourth-order valence-corrected chi connectivity index (χ4v) is 2.86. The molecule has 2 N–H and O–H groups in total. The molecule has 2 aromatic rings. The first kappa shape index (κ1) is 14.4. The average molecular weight is 300 g/mol. The van der Waals surface area contributed by atoms with Crippen LogP contribution in [0.25, 0.3) is 0 Å². The van der Waals surface area contributed by atoms with Crippen LogP contribution in [-0.4, -0.2) is 22.9 Å². The highest BCUT2D eigenvalue weighted by atomic mass is 16.5. The number of anilines is 1. The molecule has 6 nitrogen and oxygen atoms in total. The summed E-state index contributed by atoms with van der Waals surface area (Å²) in [5.41, 5.74) is 3.07. The first-order valence-corrected chi connectivity index (χ1v) is 7.39. The number of amides is 2. The zero-order valence-electron chi connectivity index (χ0n) is 12.8. The highest BCUT2D eigenvalue weighted by Crippen LogP contribution is 2.29. The van der Waals surface area contributed by atoms with Crippen LogP contribution in [0.3, 0.4) is 0 Å². The van der Waals surface area contributed by atoms with E-state index in [-0.39, 0.29) is 12.1 Å². The zero-order chi connectivity index (χ0) is 15.5. The Morgan fingerprint density at radius 3 is 2.86 bits per heavy atom. The second-order valence-electron chi connectivity index (χ2n) is 5.44. The number of hydrogen-bond acceptors (Lipinski definition) is 3. The van der Waals surface area contributed by atoms with Crippen molar-refractivity contribution in [3.8, 4) is 5.75 Å². The van der Waals surface area contributed by atoms with Crippen molar-refractivity contribution in [2.45, 2.75) is 25.3 Å². The van der Waals surface area contributed by atoms with Crippen LogP contribution in [0.1, 0.15) is 30.1 Å². The van der Waals surface area contributed by atoms with E-state index in [2.05, 4.69) is 15.7 Å². The predicted octanol–water partition coefficient (Wildman–Crippen LogP) is 2.63. The van der Waals surface area contributed by atoms with Gasteiger partial charge < -0.3 is 15.4 Å². The third kappa shape index (κ3) is 2.90. The number of aryl methyl sites for hydroxylation is 1. The van der Waals surface area contributed by atoms with Gasteiger partial charge in [-0.15, -0.1) is 0 Å². The van der Waals surface area contributed by atoms with Crippen LogP contribution in [0.15, 0.2) is 30.5 Å². The summed E-state index contributed by atoms with van der Waals surface area (Å²) in [7, 11) is 3.56. The van der Waals surface area contributed by atoms with Gasteiger partial charge in [0.1, 0.15) is 5.75 Å². The molecule has 1 aliphatic rings. The molecular formula is C16H20N4O2. The molecule has 3 rings (SSSR count). The molecule has 0 unspecified atom stereocenters. The molecule has 0 saturated heterocycles. The summed E-state index contributed by atoms with van der Waals surface area (Å²) in [6.45, 7) is 0. The number of fused-ring (bicyclic) bond motifs is 1. The van der Waals surface area contributed by atoms with Crippen molar-refractivity contribution in [1.29, 1.82) is 0 Å². The molecule has 0 bridgehead atoms. The Labute approximate surface area is 129 Å². The van der Waals surface area contributed by atoms with Crippen LogP contribution in [-0.2, 0) is 13.5 Å². The van der Waals surface area contributed by atoms with Crippen LogP contribution in [0.5, 0.6) is 5.75 Å². The SMILES string of the molecule is COc1ccc(NC(=O)N[C@@H]2CCCc3c2cnn3C)cc1. The number of carbonyl (C=O) groups is 1. The lowest BCUT2D eigenvalue weighted by Crippen LogP contribution is -2.34. The maximum atomic E-state index is 12.2. The summed E-state index contributed by atoms with van der Waals surface area (Å²) in [6.07, 6.45) is 4.87. The Hall–Kier alpha value is -2.50. The van der Waals surface area contributed by atoms with Crippen molar-refractivity contribution < 1.29 is 9.53 Å². The standard InChI is InChI=1S/C16H20N4O2/c1-20-15-5-3-4-14(13(15)10-17-20)19-16(21)18-11-6-8-12(22-2)9-7-11/h6-10,14H,3-5H2,1-2H3,(H2,18,19,21)/t14-/m1/s1. The van der Waals surface area contributed by atoms with Gasteiger partial charge in [0, 0.05) is 24.0 Å². The fraction of sp³-hybridized carbons (Fsp3) is 0.375. The molecule has 0 aliphatic heterocycles. The van der Waals surface area contributed by atoms with Gasteiger partial charge in [-0.25, -0.2) is 4.79 Å². The molecule has 1 aromatic carbocycles. The van der Waals surface area contributed by atoms with Gasteiger partial charge in [0.15, 0.2) is 0 Å².